The molecule has 0 saturated carbocycles. The first kappa shape index (κ1) is 10.4. The number of rotatable bonds is 2. The molecule has 0 aliphatic rings. The molecule has 1 heterocycles. The molecule has 0 aliphatic carbocycles. The number of hydrogen-bond donors (Lipinski definition) is 3. The Morgan fingerprint density at radius 1 is 1.19 bits per heavy atom. The Morgan fingerprint density at radius 3 is 2.44 bits per heavy atom. The molecule has 0 spiro atoms. The minimum absolute atomic E-state index is 0.168. The average Bonchev–Trinajstić information content (AvgIpc) is 2.55. The van der Waals surface area contributed by atoms with Crippen LogP contribution >= 0.6 is 11.3 Å². The van der Waals surface area contributed by atoms with E-state index in [9.17, 15) is 14.4 Å². The van der Waals surface area contributed by atoms with Crippen LogP contribution in [-0.4, -0.2) is 27.1 Å². The van der Waals surface area contributed by atoms with E-state index >= 15 is 0 Å². The van der Waals surface area contributed by atoms with Gasteiger partial charge in [0.1, 0.15) is 0 Å². The second kappa shape index (κ2) is 3.46. The van der Waals surface area contributed by atoms with Crippen LogP contribution in [0.25, 0.3) is 10.2 Å². The zero-order valence-electron chi connectivity index (χ0n) is 7.68. The van der Waals surface area contributed by atoms with Gasteiger partial charge in [0.2, 0.25) is 0 Å². The van der Waals surface area contributed by atoms with Gasteiger partial charge in [-0.25, -0.2) is 9.59 Å². The number of benzene rings is 1. The molecule has 0 radical (unpaired) electrons. The lowest BCUT2D eigenvalue weighted by atomic mass is 10.1. The summed E-state index contributed by atoms with van der Waals surface area (Å²) < 4.78 is 0.252. The zero-order chi connectivity index (χ0) is 11.9. The number of thiazole rings is 1. The zero-order valence-corrected chi connectivity index (χ0v) is 8.50. The second-order valence-electron chi connectivity index (χ2n) is 3.03. The molecule has 7 heteroatoms. The van der Waals surface area contributed by atoms with E-state index in [1.54, 1.807) is 0 Å². The lowest BCUT2D eigenvalue weighted by Gasteiger charge is -1.99. The summed E-state index contributed by atoms with van der Waals surface area (Å²) in [5.41, 5.74) is -0.121. The fourth-order valence-electron chi connectivity index (χ4n) is 1.34. The van der Waals surface area contributed by atoms with Crippen LogP contribution in [0.1, 0.15) is 20.7 Å². The summed E-state index contributed by atoms with van der Waals surface area (Å²) in [7, 11) is 0. The number of aromatic amines is 1. The minimum atomic E-state index is -1.26. The quantitative estimate of drug-likeness (QED) is 0.724. The average molecular weight is 239 g/mol. The Morgan fingerprint density at radius 2 is 1.88 bits per heavy atom. The minimum Gasteiger partial charge on any atom is -0.478 e. The monoisotopic (exact) mass is 239 g/mol. The highest BCUT2D eigenvalue weighted by Crippen LogP contribution is 2.22. The fourth-order valence-corrected chi connectivity index (χ4v) is 2.16. The van der Waals surface area contributed by atoms with Gasteiger partial charge in [-0.1, -0.05) is 11.3 Å². The Kier molecular flexibility index (Phi) is 2.24. The first-order chi connectivity index (χ1) is 7.49. The first-order valence-electron chi connectivity index (χ1n) is 4.12. The number of aromatic nitrogens is 1. The molecule has 3 N–H and O–H groups in total. The predicted molar refractivity (Wildman–Crippen MR) is 56.4 cm³/mol. The van der Waals surface area contributed by atoms with E-state index in [1.165, 1.54) is 6.07 Å². The number of H-pyrrole nitrogens is 1. The molecule has 2 rings (SSSR count). The van der Waals surface area contributed by atoms with Gasteiger partial charge >= 0.3 is 16.8 Å². The summed E-state index contributed by atoms with van der Waals surface area (Å²) in [6, 6.07) is 2.28. The maximum Gasteiger partial charge on any atom is 0.337 e. The highest BCUT2D eigenvalue weighted by molar-refractivity contribution is 7.16. The molecule has 0 aliphatic heterocycles. The van der Waals surface area contributed by atoms with E-state index in [0.717, 1.165) is 17.4 Å². The van der Waals surface area contributed by atoms with Crippen LogP contribution in [0.3, 0.4) is 0 Å². The van der Waals surface area contributed by atoms with Crippen LogP contribution in [0.15, 0.2) is 16.9 Å². The Hall–Kier alpha value is -2.15. The summed E-state index contributed by atoms with van der Waals surface area (Å²) in [5, 5.41) is 17.7. The third-order valence-electron chi connectivity index (χ3n) is 2.00. The largest absolute Gasteiger partial charge is 0.478 e. The van der Waals surface area contributed by atoms with Crippen LogP contribution in [0.2, 0.25) is 0 Å². The molecule has 0 atom stereocenters. The molecule has 0 unspecified atom stereocenters. The summed E-state index contributed by atoms with van der Waals surface area (Å²) in [6.07, 6.45) is 0. The van der Waals surface area contributed by atoms with Gasteiger partial charge in [-0.3, -0.25) is 4.79 Å². The van der Waals surface area contributed by atoms with E-state index in [4.69, 9.17) is 10.2 Å². The third kappa shape index (κ3) is 1.57. The predicted octanol–water partition coefficient (Wildman–Crippen LogP) is 0.986. The molecule has 0 bridgehead atoms. The summed E-state index contributed by atoms with van der Waals surface area (Å²) >= 11 is 0.743. The van der Waals surface area contributed by atoms with Crippen molar-refractivity contribution in [3.63, 3.8) is 0 Å². The Balaban J connectivity index is 2.88. The smallest absolute Gasteiger partial charge is 0.337 e. The standard InChI is InChI=1S/C9H5NO5S/c11-7(12)3-1-4(8(13)14)6-5(2-3)10-9(15)16-6/h1-2H,(H,10,15)(H,11,12)(H,13,14). The van der Waals surface area contributed by atoms with E-state index < -0.39 is 16.8 Å². The first-order valence-corrected chi connectivity index (χ1v) is 4.94. The molecule has 82 valence electrons. The van der Waals surface area contributed by atoms with Gasteiger partial charge in [0, 0.05) is 0 Å². The van der Waals surface area contributed by atoms with E-state index in [2.05, 4.69) is 4.98 Å². The van der Waals surface area contributed by atoms with Crippen LogP contribution < -0.4 is 4.87 Å². The number of carboxylic acids is 2. The molecule has 1 aromatic heterocycles. The molecular formula is C9H5NO5S. The van der Waals surface area contributed by atoms with Crippen LogP contribution in [0.5, 0.6) is 0 Å². The summed E-state index contributed by atoms with van der Waals surface area (Å²) in [5.74, 6) is -2.50. The van der Waals surface area contributed by atoms with Crippen molar-refractivity contribution in [1.29, 1.82) is 0 Å². The topological polar surface area (TPSA) is 107 Å². The third-order valence-corrected chi connectivity index (χ3v) is 2.93. The number of nitrogens with one attached hydrogen (secondary N) is 1. The molecule has 1 aromatic carbocycles. The van der Waals surface area contributed by atoms with Gasteiger partial charge in [-0.2, -0.15) is 0 Å². The highest BCUT2D eigenvalue weighted by atomic mass is 32.1. The molecule has 0 fully saturated rings. The number of aromatic carboxylic acids is 2. The Labute approximate surface area is 91.8 Å². The van der Waals surface area contributed by atoms with Crippen molar-refractivity contribution in [2.45, 2.75) is 0 Å². The van der Waals surface area contributed by atoms with Gasteiger partial charge in [0.25, 0.3) is 0 Å². The van der Waals surface area contributed by atoms with Crippen molar-refractivity contribution in [2.24, 2.45) is 0 Å². The Bertz CT molecular complexity index is 653. The molecule has 16 heavy (non-hydrogen) atoms. The fraction of sp³-hybridized carbons (Fsp3) is 0. The van der Waals surface area contributed by atoms with E-state index in [1.807, 2.05) is 0 Å². The van der Waals surface area contributed by atoms with Gasteiger partial charge in [-0.05, 0) is 12.1 Å². The van der Waals surface area contributed by atoms with Gasteiger partial charge in [-0.15, -0.1) is 0 Å². The van der Waals surface area contributed by atoms with Gasteiger partial charge in [0.05, 0.1) is 21.3 Å². The van der Waals surface area contributed by atoms with Gasteiger partial charge in [0.15, 0.2) is 0 Å². The van der Waals surface area contributed by atoms with Crippen molar-refractivity contribution < 1.29 is 19.8 Å². The van der Waals surface area contributed by atoms with Crippen molar-refractivity contribution in [1.82, 2.24) is 4.98 Å². The van der Waals surface area contributed by atoms with Crippen molar-refractivity contribution in [3.8, 4) is 0 Å². The van der Waals surface area contributed by atoms with Gasteiger partial charge < -0.3 is 15.2 Å². The van der Waals surface area contributed by atoms with Crippen LogP contribution in [0, 0.1) is 0 Å². The molecule has 0 saturated heterocycles. The number of carbonyl (C=O) groups is 2. The maximum absolute atomic E-state index is 11.1. The molecule has 2 aromatic rings. The highest BCUT2D eigenvalue weighted by Gasteiger charge is 2.16. The molecule has 0 amide bonds. The molecular weight excluding hydrogens is 234 g/mol. The lowest BCUT2D eigenvalue weighted by Crippen LogP contribution is -2.02. The molecule has 6 nitrogen and oxygen atoms in total. The van der Waals surface area contributed by atoms with Crippen LogP contribution in [0.4, 0.5) is 0 Å². The van der Waals surface area contributed by atoms with E-state index in [-0.39, 0.29) is 21.3 Å². The van der Waals surface area contributed by atoms with Crippen molar-refractivity contribution in [2.75, 3.05) is 0 Å². The van der Waals surface area contributed by atoms with Crippen molar-refractivity contribution in [3.05, 3.63) is 32.9 Å². The maximum atomic E-state index is 11.1. The summed E-state index contributed by atoms with van der Waals surface area (Å²) in [4.78, 5) is 34.7. The summed E-state index contributed by atoms with van der Waals surface area (Å²) in [6.45, 7) is 0. The second-order valence-corrected chi connectivity index (χ2v) is 4.01. The van der Waals surface area contributed by atoms with E-state index in [0.29, 0.717) is 0 Å². The number of carboxylic acid groups (broad SMARTS) is 2. The van der Waals surface area contributed by atoms with Crippen molar-refractivity contribution >= 4 is 33.5 Å². The SMILES string of the molecule is O=C(O)c1cc(C(=O)O)c2sc(=O)[nH]c2c1. The van der Waals surface area contributed by atoms with Crippen LogP contribution in [-0.2, 0) is 0 Å². The lowest BCUT2D eigenvalue weighted by molar-refractivity contribution is 0.0696. The normalized spacial score (nSPS) is 10.5. The number of hydrogen-bond acceptors (Lipinski definition) is 4. The number of fused-ring (bicyclic) bond motifs is 1.